The molecule has 2 aromatic heterocycles. The van der Waals surface area contributed by atoms with Crippen molar-refractivity contribution in [2.75, 3.05) is 4.90 Å². The Labute approximate surface area is 271 Å². The maximum Gasteiger partial charge on any atom is 0.227 e. The van der Waals surface area contributed by atoms with Crippen molar-refractivity contribution in [2.24, 2.45) is 0 Å². The third kappa shape index (κ3) is 4.75. The van der Waals surface area contributed by atoms with Crippen LogP contribution in [-0.2, 0) is 0 Å². The second-order valence-electron chi connectivity index (χ2n) is 11.6. The molecule has 0 saturated heterocycles. The van der Waals surface area contributed by atoms with E-state index in [4.69, 9.17) is 13.8 Å². The van der Waals surface area contributed by atoms with Crippen molar-refractivity contribution in [2.45, 2.75) is 0 Å². The fraction of sp³-hybridized carbons (Fsp3) is 0. The molecule has 222 valence electrons. The van der Waals surface area contributed by atoms with Gasteiger partial charge < -0.3 is 13.7 Å². The van der Waals surface area contributed by atoms with Crippen molar-refractivity contribution in [1.82, 2.24) is 4.98 Å². The molecule has 0 bridgehead atoms. The minimum atomic E-state index is 0.610. The lowest BCUT2D eigenvalue weighted by molar-refractivity contribution is 0.621. The van der Waals surface area contributed by atoms with E-state index in [0.29, 0.717) is 5.89 Å². The van der Waals surface area contributed by atoms with Gasteiger partial charge in [0.15, 0.2) is 5.58 Å². The van der Waals surface area contributed by atoms with Crippen LogP contribution < -0.4 is 4.90 Å². The largest absolute Gasteiger partial charge is 0.456 e. The predicted molar refractivity (Wildman–Crippen MR) is 192 cm³/mol. The first kappa shape index (κ1) is 27.0. The van der Waals surface area contributed by atoms with E-state index in [0.717, 1.165) is 77.9 Å². The molecule has 0 saturated carbocycles. The molecule has 47 heavy (non-hydrogen) atoms. The van der Waals surface area contributed by atoms with Gasteiger partial charge in [0, 0.05) is 44.5 Å². The summed E-state index contributed by atoms with van der Waals surface area (Å²) in [5.41, 5.74) is 11.7. The average Bonchev–Trinajstić information content (AvgIpc) is 3.76. The van der Waals surface area contributed by atoms with Crippen molar-refractivity contribution in [1.29, 1.82) is 0 Å². The summed E-state index contributed by atoms with van der Waals surface area (Å²) in [5, 5.41) is 2.20. The predicted octanol–water partition coefficient (Wildman–Crippen LogP) is 12.2. The highest BCUT2D eigenvalue weighted by Crippen LogP contribution is 2.41. The summed E-state index contributed by atoms with van der Waals surface area (Å²) in [4.78, 5) is 7.31. The van der Waals surface area contributed by atoms with Gasteiger partial charge in [-0.15, -0.1) is 0 Å². The summed E-state index contributed by atoms with van der Waals surface area (Å²) in [6.07, 6.45) is 0. The molecule has 0 fully saturated rings. The van der Waals surface area contributed by atoms with Crippen LogP contribution >= 0.6 is 0 Å². The maximum atomic E-state index is 6.56. The van der Waals surface area contributed by atoms with Gasteiger partial charge in [0.2, 0.25) is 5.89 Å². The number of oxazole rings is 1. The molecule has 0 aliphatic heterocycles. The van der Waals surface area contributed by atoms with Crippen LogP contribution in [0, 0.1) is 0 Å². The van der Waals surface area contributed by atoms with Crippen LogP contribution in [-0.4, -0.2) is 4.98 Å². The molecule has 9 aromatic rings. The number of benzene rings is 7. The van der Waals surface area contributed by atoms with Gasteiger partial charge in [0.05, 0.1) is 0 Å². The first-order valence-electron chi connectivity index (χ1n) is 15.7. The SMILES string of the molecule is c1ccc(-c2nc3c(-c4ccccc4)ccc(-c4ccc(N(c5ccccc5)c5ccc6oc7ccccc7c6c5)cc4)c3o2)cc1. The van der Waals surface area contributed by atoms with Crippen LogP contribution in [0.1, 0.15) is 0 Å². The molecule has 7 aromatic carbocycles. The second-order valence-corrected chi connectivity index (χ2v) is 11.6. The number of rotatable bonds is 6. The molecule has 0 atom stereocenters. The van der Waals surface area contributed by atoms with Gasteiger partial charge in [-0.25, -0.2) is 4.98 Å². The van der Waals surface area contributed by atoms with E-state index in [2.05, 4.69) is 120 Å². The van der Waals surface area contributed by atoms with Crippen LogP contribution in [0.15, 0.2) is 179 Å². The summed E-state index contributed by atoms with van der Waals surface area (Å²) in [6.45, 7) is 0. The van der Waals surface area contributed by atoms with Crippen molar-refractivity contribution >= 4 is 50.1 Å². The normalized spacial score (nSPS) is 11.4. The molecule has 0 N–H and O–H groups in total. The first-order valence-corrected chi connectivity index (χ1v) is 15.7. The van der Waals surface area contributed by atoms with E-state index < -0.39 is 0 Å². The maximum absolute atomic E-state index is 6.56. The molecule has 0 amide bonds. The first-order chi connectivity index (χ1) is 23.3. The Hall–Kier alpha value is -6.39. The van der Waals surface area contributed by atoms with Crippen molar-refractivity contribution < 1.29 is 8.83 Å². The zero-order valence-corrected chi connectivity index (χ0v) is 25.4. The van der Waals surface area contributed by atoms with Gasteiger partial charge in [-0.2, -0.15) is 0 Å². The number of anilines is 3. The van der Waals surface area contributed by atoms with E-state index in [9.17, 15) is 0 Å². The summed E-state index contributed by atoms with van der Waals surface area (Å²) in [7, 11) is 0. The standard InChI is InChI=1S/C43H28N2O2/c1-4-12-29(13-5-1)35-25-26-36(42-41(35)44-43(47-42)31-14-6-2-7-15-31)30-20-22-33(23-21-30)45(32-16-8-3-9-17-32)34-24-27-40-38(28-34)37-18-10-11-19-39(37)46-40/h1-28H. The number of nitrogens with zero attached hydrogens (tertiary/aromatic N) is 2. The molecule has 2 heterocycles. The lowest BCUT2D eigenvalue weighted by Crippen LogP contribution is -2.09. The highest BCUT2D eigenvalue weighted by molar-refractivity contribution is 6.06. The quantitative estimate of drug-likeness (QED) is 0.189. The van der Waals surface area contributed by atoms with Gasteiger partial charge in [0.1, 0.15) is 16.7 Å². The smallest absolute Gasteiger partial charge is 0.227 e. The van der Waals surface area contributed by atoms with Gasteiger partial charge >= 0.3 is 0 Å². The Kier molecular flexibility index (Phi) is 6.43. The number of aromatic nitrogens is 1. The molecule has 0 aliphatic carbocycles. The molecular weight excluding hydrogens is 576 g/mol. The van der Waals surface area contributed by atoms with E-state index >= 15 is 0 Å². The minimum Gasteiger partial charge on any atom is -0.456 e. The van der Waals surface area contributed by atoms with Crippen LogP contribution in [0.2, 0.25) is 0 Å². The minimum absolute atomic E-state index is 0.610. The average molecular weight is 605 g/mol. The molecular formula is C43H28N2O2. The van der Waals surface area contributed by atoms with Gasteiger partial charge in [0.25, 0.3) is 0 Å². The van der Waals surface area contributed by atoms with E-state index in [-0.39, 0.29) is 0 Å². The monoisotopic (exact) mass is 604 g/mol. The number of hydrogen-bond acceptors (Lipinski definition) is 4. The van der Waals surface area contributed by atoms with E-state index in [1.807, 2.05) is 54.6 Å². The summed E-state index contributed by atoms with van der Waals surface area (Å²) < 4.78 is 12.7. The summed E-state index contributed by atoms with van der Waals surface area (Å²) >= 11 is 0. The molecule has 4 heteroatoms. The molecule has 0 spiro atoms. The van der Waals surface area contributed by atoms with E-state index in [1.165, 1.54) is 0 Å². The highest BCUT2D eigenvalue weighted by Gasteiger charge is 2.19. The van der Waals surface area contributed by atoms with Crippen LogP contribution in [0.4, 0.5) is 17.1 Å². The van der Waals surface area contributed by atoms with Gasteiger partial charge in [-0.1, -0.05) is 103 Å². The fourth-order valence-corrected chi connectivity index (χ4v) is 6.46. The zero-order valence-electron chi connectivity index (χ0n) is 25.4. The second kappa shape index (κ2) is 11.2. The molecule has 0 unspecified atom stereocenters. The molecule has 0 radical (unpaired) electrons. The number of hydrogen-bond donors (Lipinski definition) is 0. The molecule has 4 nitrogen and oxygen atoms in total. The van der Waals surface area contributed by atoms with Crippen LogP contribution in [0.25, 0.3) is 66.7 Å². The van der Waals surface area contributed by atoms with Crippen molar-refractivity contribution in [3.63, 3.8) is 0 Å². The third-order valence-corrected chi connectivity index (χ3v) is 8.72. The van der Waals surface area contributed by atoms with Gasteiger partial charge in [-0.3, -0.25) is 0 Å². The van der Waals surface area contributed by atoms with Crippen LogP contribution in [0.3, 0.4) is 0 Å². The zero-order chi connectivity index (χ0) is 31.2. The Bertz CT molecular complexity index is 2500. The lowest BCUT2D eigenvalue weighted by Gasteiger charge is -2.25. The lowest BCUT2D eigenvalue weighted by atomic mass is 9.98. The Morgan fingerprint density at radius 2 is 0.979 bits per heavy atom. The van der Waals surface area contributed by atoms with Gasteiger partial charge in [-0.05, 0) is 77.9 Å². The Morgan fingerprint density at radius 3 is 1.74 bits per heavy atom. The number of fused-ring (bicyclic) bond motifs is 4. The fourth-order valence-electron chi connectivity index (χ4n) is 6.46. The van der Waals surface area contributed by atoms with E-state index in [1.54, 1.807) is 0 Å². The number of furan rings is 1. The molecule has 0 aliphatic rings. The summed E-state index contributed by atoms with van der Waals surface area (Å²) in [5.74, 6) is 0.610. The topological polar surface area (TPSA) is 42.4 Å². The van der Waals surface area contributed by atoms with Crippen LogP contribution in [0.5, 0.6) is 0 Å². The Morgan fingerprint density at radius 1 is 0.404 bits per heavy atom. The third-order valence-electron chi connectivity index (χ3n) is 8.72. The Balaban J connectivity index is 1.17. The van der Waals surface area contributed by atoms with Crippen molar-refractivity contribution in [3.05, 3.63) is 170 Å². The summed E-state index contributed by atoms with van der Waals surface area (Å²) in [6, 6.07) is 58.5. The number of para-hydroxylation sites is 2. The highest BCUT2D eigenvalue weighted by atomic mass is 16.3. The molecule has 9 rings (SSSR count). The van der Waals surface area contributed by atoms with Crippen molar-refractivity contribution in [3.8, 4) is 33.7 Å².